The van der Waals surface area contributed by atoms with Gasteiger partial charge in [0, 0.05) is 31.7 Å². The zero-order valence-corrected chi connectivity index (χ0v) is 11.5. The maximum atomic E-state index is 4.87. The summed E-state index contributed by atoms with van der Waals surface area (Å²) >= 11 is 0. The van der Waals surface area contributed by atoms with E-state index in [9.17, 15) is 0 Å². The topological polar surface area (TPSA) is 27.6 Å². The molecule has 0 aromatic heterocycles. The first-order chi connectivity index (χ1) is 9.93. The molecule has 0 radical (unpaired) electrons. The summed E-state index contributed by atoms with van der Waals surface area (Å²) in [6, 6.07) is 20.6. The SMILES string of the molecule is c1ccc(N=C(c2ccccc2)N2CCNCC2)cc1. The predicted octanol–water partition coefficient (Wildman–Crippen LogP) is 2.67. The van der Waals surface area contributed by atoms with Crippen LogP contribution in [0.25, 0.3) is 0 Å². The van der Waals surface area contributed by atoms with Crippen LogP contribution in [0.15, 0.2) is 65.7 Å². The lowest BCUT2D eigenvalue weighted by Gasteiger charge is -2.30. The van der Waals surface area contributed by atoms with Crippen molar-refractivity contribution in [1.82, 2.24) is 10.2 Å². The summed E-state index contributed by atoms with van der Waals surface area (Å²) < 4.78 is 0. The highest BCUT2D eigenvalue weighted by Crippen LogP contribution is 2.15. The molecule has 0 saturated carbocycles. The number of aliphatic imine (C=N–C) groups is 1. The summed E-state index contributed by atoms with van der Waals surface area (Å²) in [5.74, 6) is 1.07. The average Bonchev–Trinajstić information content (AvgIpc) is 2.55. The molecule has 1 N–H and O–H groups in total. The number of nitrogens with one attached hydrogen (secondary N) is 1. The fraction of sp³-hybridized carbons (Fsp3) is 0.235. The molecular weight excluding hydrogens is 246 g/mol. The van der Waals surface area contributed by atoms with Gasteiger partial charge in [-0.3, -0.25) is 0 Å². The second-order valence-electron chi connectivity index (χ2n) is 4.87. The Morgan fingerprint density at radius 1 is 0.850 bits per heavy atom. The zero-order chi connectivity index (χ0) is 13.6. The highest BCUT2D eigenvalue weighted by atomic mass is 15.2. The van der Waals surface area contributed by atoms with Gasteiger partial charge in [-0.05, 0) is 12.1 Å². The van der Waals surface area contributed by atoms with E-state index in [-0.39, 0.29) is 0 Å². The van der Waals surface area contributed by atoms with E-state index in [1.165, 1.54) is 5.56 Å². The Hall–Kier alpha value is -2.13. The summed E-state index contributed by atoms with van der Waals surface area (Å²) in [5, 5.41) is 3.39. The van der Waals surface area contributed by atoms with Crippen molar-refractivity contribution >= 4 is 11.5 Å². The van der Waals surface area contributed by atoms with Crippen molar-refractivity contribution in [2.24, 2.45) is 4.99 Å². The molecule has 1 heterocycles. The van der Waals surface area contributed by atoms with Crippen LogP contribution in [0, 0.1) is 0 Å². The van der Waals surface area contributed by atoms with E-state index in [1.807, 2.05) is 36.4 Å². The van der Waals surface area contributed by atoms with Gasteiger partial charge in [-0.2, -0.15) is 0 Å². The Balaban J connectivity index is 1.97. The van der Waals surface area contributed by atoms with Crippen molar-refractivity contribution in [3.05, 3.63) is 66.2 Å². The van der Waals surface area contributed by atoms with Gasteiger partial charge in [-0.1, -0.05) is 48.5 Å². The predicted molar refractivity (Wildman–Crippen MR) is 83.5 cm³/mol. The van der Waals surface area contributed by atoms with Crippen LogP contribution in [0.1, 0.15) is 5.56 Å². The fourth-order valence-corrected chi connectivity index (χ4v) is 2.41. The number of hydrogen-bond donors (Lipinski definition) is 1. The van der Waals surface area contributed by atoms with E-state index in [0.29, 0.717) is 0 Å². The summed E-state index contributed by atoms with van der Waals surface area (Å²) in [7, 11) is 0. The maximum Gasteiger partial charge on any atom is 0.136 e. The maximum absolute atomic E-state index is 4.87. The average molecular weight is 265 g/mol. The quantitative estimate of drug-likeness (QED) is 0.668. The molecule has 0 bridgehead atoms. The molecule has 0 unspecified atom stereocenters. The van der Waals surface area contributed by atoms with Crippen molar-refractivity contribution in [1.29, 1.82) is 0 Å². The standard InChI is InChI=1S/C17H19N3/c1-3-7-15(8-4-1)17(20-13-11-18-12-14-20)19-16-9-5-2-6-10-16/h1-10,18H,11-14H2. The molecule has 3 nitrogen and oxygen atoms in total. The lowest BCUT2D eigenvalue weighted by molar-refractivity contribution is 0.358. The summed E-state index contributed by atoms with van der Waals surface area (Å²) in [6.07, 6.45) is 0. The van der Waals surface area contributed by atoms with Crippen LogP contribution in [0.4, 0.5) is 5.69 Å². The highest BCUT2D eigenvalue weighted by Gasteiger charge is 2.16. The van der Waals surface area contributed by atoms with E-state index < -0.39 is 0 Å². The first-order valence-corrected chi connectivity index (χ1v) is 7.08. The van der Waals surface area contributed by atoms with E-state index in [1.54, 1.807) is 0 Å². The third-order valence-electron chi connectivity index (χ3n) is 3.44. The molecule has 102 valence electrons. The third kappa shape index (κ3) is 3.06. The van der Waals surface area contributed by atoms with E-state index >= 15 is 0 Å². The lowest BCUT2D eigenvalue weighted by Crippen LogP contribution is -2.46. The molecular formula is C17H19N3. The zero-order valence-electron chi connectivity index (χ0n) is 11.5. The second kappa shape index (κ2) is 6.35. The third-order valence-corrected chi connectivity index (χ3v) is 3.44. The minimum atomic E-state index is 1.00. The molecule has 2 aromatic carbocycles. The van der Waals surface area contributed by atoms with Gasteiger partial charge in [0.1, 0.15) is 5.84 Å². The van der Waals surface area contributed by atoms with Crippen LogP contribution >= 0.6 is 0 Å². The van der Waals surface area contributed by atoms with Crippen LogP contribution in [0.2, 0.25) is 0 Å². The van der Waals surface area contributed by atoms with Gasteiger partial charge >= 0.3 is 0 Å². The second-order valence-corrected chi connectivity index (χ2v) is 4.87. The lowest BCUT2D eigenvalue weighted by atomic mass is 10.1. The van der Waals surface area contributed by atoms with Gasteiger partial charge in [0.25, 0.3) is 0 Å². The normalized spacial score (nSPS) is 16.2. The largest absolute Gasteiger partial charge is 0.354 e. The van der Waals surface area contributed by atoms with Crippen LogP contribution in [-0.2, 0) is 0 Å². The Bertz CT molecular complexity index is 557. The van der Waals surface area contributed by atoms with E-state index in [2.05, 4.69) is 34.5 Å². The van der Waals surface area contributed by atoms with Gasteiger partial charge in [-0.15, -0.1) is 0 Å². The van der Waals surface area contributed by atoms with Crippen molar-refractivity contribution < 1.29 is 0 Å². The van der Waals surface area contributed by atoms with Gasteiger partial charge < -0.3 is 10.2 Å². The molecule has 3 heteroatoms. The van der Waals surface area contributed by atoms with Crippen molar-refractivity contribution in [2.75, 3.05) is 26.2 Å². The number of benzene rings is 2. The Kier molecular flexibility index (Phi) is 4.09. The number of para-hydroxylation sites is 1. The molecule has 0 spiro atoms. The monoisotopic (exact) mass is 265 g/mol. The molecule has 20 heavy (non-hydrogen) atoms. The van der Waals surface area contributed by atoms with E-state index in [0.717, 1.165) is 37.7 Å². The van der Waals surface area contributed by atoms with Gasteiger partial charge in [-0.25, -0.2) is 4.99 Å². The molecule has 0 atom stereocenters. The minimum absolute atomic E-state index is 1.00. The highest BCUT2D eigenvalue weighted by molar-refractivity contribution is 6.00. The summed E-state index contributed by atoms with van der Waals surface area (Å²) in [6.45, 7) is 4.03. The first kappa shape index (κ1) is 12.9. The van der Waals surface area contributed by atoms with Gasteiger partial charge in [0.15, 0.2) is 0 Å². The Morgan fingerprint density at radius 3 is 2.10 bits per heavy atom. The minimum Gasteiger partial charge on any atom is -0.354 e. The fourth-order valence-electron chi connectivity index (χ4n) is 2.41. The number of piperazine rings is 1. The van der Waals surface area contributed by atoms with Crippen LogP contribution in [0.5, 0.6) is 0 Å². The summed E-state index contributed by atoms with van der Waals surface area (Å²) in [5.41, 5.74) is 2.18. The summed E-state index contributed by atoms with van der Waals surface area (Å²) in [4.78, 5) is 7.23. The molecule has 1 fully saturated rings. The number of rotatable bonds is 2. The Labute approximate surface area is 120 Å². The number of amidine groups is 1. The Morgan fingerprint density at radius 2 is 1.45 bits per heavy atom. The number of hydrogen-bond acceptors (Lipinski definition) is 2. The molecule has 1 aliphatic rings. The van der Waals surface area contributed by atoms with Crippen molar-refractivity contribution in [2.45, 2.75) is 0 Å². The van der Waals surface area contributed by atoms with Crippen LogP contribution in [0.3, 0.4) is 0 Å². The molecule has 3 rings (SSSR count). The van der Waals surface area contributed by atoms with Crippen LogP contribution < -0.4 is 5.32 Å². The molecule has 1 saturated heterocycles. The smallest absolute Gasteiger partial charge is 0.136 e. The molecule has 2 aromatic rings. The van der Waals surface area contributed by atoms with Gasteiger partial charge in [0.2, 0.25) is 0 Å². The molecule has 0 aliphatic carbocycles. The first-order valence-electron chi connectivity index (χ1n) is 7.08. The van der Waals surface area contributed by atoms with E-state index in [4.69, 9.17) is 4.99 Å². The van der Waals surface area contributed by atoms with Crippen molar-refractivity contribution in [3.63, 3.8) is 0 Å². The molecule has 1 aliphatic heterocycles. The molecule has 0 amide bonds. The van der Waals surface area contributed by atoms with Crippen LogP contribution in [-0.4, -0.2) is 36.9 Å². The number of nitrogens with zero attached hydrogens (tertiary/aromatic N) is 2. The van der Waals surface area contributed by atoms with Crippen molar-refractivity contribution in [3.8, 4) is 0 Å². The van der Waals surface area contributed by atoms with Gasteiger partial charge in [0.05, 0.1) is 5.69 Å².